The summed E-state index contributed by atoms with van der Waals surface area (Å²) < 4.78 is 1.26. The van der Waals surface area contributed by atoms with E-state index in [4.69, 9.17) is 0 Å². The van der Waals surface area contributed by atoms with Gasteiger partial charge in [0.2, 0.25) is 0 Å². The summed E-state index contributed by atoms with van der Waals surface area (Å²) in [7, 11) is 0. The Bertz CT molecular complexity index is 560. The van der Waals surface area contributed by atoms with Gasteiger partial charge in [0.1, 0.15) is 0 Å². The van der Waals surface area contributed by atoms with Crippen LogP contribution >= 0.6 is 38.6 Å². The molecule has 2 aromatic rings. The van der Waals surface area contributed by atoms with Gasteiger partial charge in [-0.05, 0) is 76.1 Å². The van der Waals surface area contributed by atoms with Crippen molar-refractivity contribution >= 4 is 38.6 Å². The standard InChI is InChI=1S/C16H20BrNS2/c1-2-7-18-16(13-9-19-10-14(13)17)12-4-3-5-15-11(12)6-8-20-15/h6,8-10,12,16,18H,2-5,7H2,1H3. The maximum absolute atomic E-state index is 3.79. The summed E-state index contributed by atoms with van der Waals surface area (Å²) in [5.74, 6) is 0.627. The molecule has 1 aliphatic carbocycles. The molecule has 4 heteroatoms. The largest absolute Gasteiger partial charge is 0.309 e. The highest BCUT2D eigenvalue weighted by Gasteiger charge is 2.30. The molecular weight excluding hydrogens is 350 g/mol. The van der Waals surface area contributed by atoms with Crippen molar-refractivity contribution in [1.29, 1.82) is 0 Å². The van der Waals surface area contributed by atoms with Gasteiger partial charge in [-0.25, -0.2) is 0 Å². The molecule has 0 saturated carbocycles. The minimum Gasteiger partial charge on any atom is -0.309 e. The Balaban J connectivity index is 1.93. The molecule has 0 fully saturated rings. The Hall–Kier alpha value is -0.160. The van der Waals surface area contributed by atoms with Crippen LogP contribution in [0.2, 0.25) is 0 Å². The van der Waals surface area contributed by atoms with E-state index >= 15 is 0 Å². The lowest BCUT2D eigenvalue weighted by Gasteiger charge is -2.31. The zero-order valence-electron chi connectivity index (χ0n) is 11.7. The lowest BCUT2D eigenvalue weighted by atomic mass is 9.80. The predicted octanol–water partition coefficient (Wildman–Crippen LogP) is 5.73. The fraction of sp³-hybridized carbons (Fsp3) is 0.500. The summed E-state index contributed by atoms with van der Waals surface area (Å²) in [6, 6.07) is 2.80. The van der Waals surface area contributed by atoms with Crippen molar-refractivity contribution in [2.75, 3.05) is 6.54 Å². The number of rotatable bonds is 5. The van der Waals surface area contributed by atoms with Crippen molar-refractivity contribution < 1.29 is 0 Å². The third-order valence-corrected chi connectivity index (χ3v) is 6.84. The molecule has 0 aromatic carbocycles. The minimum atomic E-state index is 0.448. The van der Waals surface area contributed by atoms with Gasteiger partial charge in [0.05, 0.1) is 0 Å². The molecular formula is C16H20BrNS2. The fourth-order valence-corrected chi connectivity index (χ4v) is 5.73. The number of fused-ring (bicyclic) bond motifs is 1. The average molecular weight is 370 g/mol. The SMILES string of the molecule is CCCNC(c1cscc1Br)C1CCCc2sccc21. The maximum Gasteiger partial charge on any atom is 0.0409 e. The first-order valence-corrected chi connectivity index (χ1v) is 9.94. The van der Waals surface area contributed by atoms with Crippen LogP contribution in [-0.2, 0) is 6.42 Å². The fourth-order valence-electron chi connectivity index (χ4n) is 3.15. The molecule has 3 rings (SSSR count). The van der Waals surface area contributed by atoms with Crippen molar-refractivity contribution in [3.8, 4) is 0 Å². The first-order chi connectivity index (χ1) is 9.81. The Kier molecular flexibility index (Phi) is 4.97. The van der Waals surface area contributed by atoms with E-state index in [0.29, 0.717) is 12.0 Å². The monoisotopic (exact) mass is 369 g/mol. The number of nitrogens with one attached hydrogen (secondary N) is 1. The second-order valence-corrected chi connectivity index (χ2v) is 8.00. The van der Waals surface area contributed by atoms with Gasteiger partial charge in [0.15, 0.2) is 0 Å². The molecule has 2 heterocycles. The third-order valence-electron chi connectivity index (χ3n) is 4.09. The van der Waals surface area contributed by atoms with Gasteiger partial charge >= 0.3 is 0 Å². The molecule has 2 atom stereocenters. The summed E-state index contributed by atoms with van der Waals surface area (Å²) in [5.41, 5.74) is 3.03. The molecule has 2 aromatic heterocycles. The van der Waals surface area contributed by atoms with Crippen LogP contribution in [0.3, 0.4) is 0 Å². The van der Waals surface area contributed by atoms with E-state index in [2.05, 4.69) is 50.4 Å². The second-order valence-electron chi connectivity index (χ2n) is 5.40. The Morgan fingerprint density at radius 2 is 2.35 bits per heavy atom. The van der Waals surface area contributed by atoms with Gasteiger partial charge in [-0.15, -0.1) is 11.3 Å². The van der Waals surface area contributed by atoms with Crippen molar-refractivity contribution in [2.24, 2.45) is 0 Å². The van der Waals surface area contributed by atoms with Gasteiger partial charge in [-0.2, -0.15) is 11.3 Å². The molecule has 108 valence electrons. The van der Waals surface area contributed by atoms with Crippen molar-refractivity contribution in [3.05, 3.63) is 42.7 Å². The lowest BCUT2D eigenvalue weighted by molar-refractivity contribution is 0.404. The minimum absolute atomic E-state index is 0.448. The Labute approximate surface area is 137 Å². The molecule has 1 N–H and O–H groups in total. The number of hydrogen-bond acceptors (Lipinski definition) is 3. The first kappa shape index (κ1) is 14.8. The van der Waals surface area contributed by atoms with E-state index in [9.17, 15) is 0 Å². The Morgan fingerprint density at radius 1 is 1.45 bits per heavy atom. The summed E-state index contributed by atoms with van der Waals surface area (Å²) >= 11 is 7.46. The lowest BCUT2D eigenvalue weighted by Crippen LogP contribution is -2.29. The van der Waals surface area contributed by atoms with Crippen molar-refractivity contribution in [2.45, 2.75) is 44.6 Å². The molecule has 0 radical (unpaired) electrons. The van der Waals surface area contributed by atoms with E-state index < -0.39 is 0 Å². The number of halogens is 1. The van der Waals surface area contributed by atoms with E-state index in [0.717, 1.165) is 6.54 Å². The molecule has 0 bridgehead atoms. The highest BCUT2D eigenvalue weighted by atomic mass is 79.9. The molecule has 1 aliphatic rings. The second kappa shape index (κ2) is 6.73. The number of thiophene rings is 2. The van der Waals surface area contributed by atoms with Crippen LogP contribution in [0.1, 0.15) is 54.1 Å². The Morgan fingerprint density at radius 3 is 3.10 bits per heavy atom. The molecule has 20 heavy (non-hydrogen) atoms. The summed E-state index contributed by atoms with van der Waals surface area (Å²) in [6.45, 7) is 3.33. The predicted molar refractivity (Wildman–Crippen MR) is 93.1 cm³/mol. The zero-order chi connectivity index (χ0) is 13.9. The number of hydrogen-bond donors (Lipinski definition) is 1. The van der Waals surface area contributed by atoms with Crippen LogP contribution in [0.5, 0.6) is 0 Å². The van der Waals surface area contributed by atoms with Gasteiger partial charge in [-0.3, -0.25) is 0 Å². The summed E-state index contributed by atoms with van der Waals surface area (Å²) in [4.78, 5) is 1.61. The third kappa shape index (κ3) is 2.89. The molecule has 0 spiro atoms. The van der Waals surface area contributed by atoms with E-state index in [1.54, 1.807) is 21.8 Å². The van der Waals surface area contributed by atoms with Gasteiger partial charge in [0, 0.05) is 26.7 Å². The summed E-state index contributed by atoms with van der Waals surface area (Å²) in [5, 5.41) is 10.6. The molecule has 1 nitrogen and oxygen atoms in total. The maximum atomic E-state index is 3.79. The van der Waals surface area contributed by atoms with Gasteiger partial charge < -0.3 is 5.32 Å². The highest BCUT2D eigenvalue weighted by Crippen LogP contribution is 2.44. The average Bonchev–Trinajstić information content (AvgIpc) is 3.09. The quantitative estimate of drug-likeness (QED) is 0.708. The molecule has 0 amide bonds. The van der Waals surface area contributed by atoms with E-state index in [1.165, 1.54) is 35.7 Å². The zero-order valence-corrected chi connectivity index (χ0v) is 14.9. The van der Waals surface area contributed by atoms with Crippen LogP contribution < -0.4 is 5.32 Å². The van der Waals surface area contributed by atoms with E-state index in [-0.39, 0.29) is 0 Å². The topological polar surface area (TPSA) is 12.0 Å². The van der Waals surface area contributed by atoms with Crippen LogP contribution in [0.15, 0.2) is 26.7 Å². The van der Waals surface area contributed by atoms with Gasteiger partial charge in [0.25, 0.3) is 0 Å². The van der Waals surface area contributed by atoms with E-state index in [1.807, 2.05) is 11.3 Å². The van der Waals surface area contributed by atoms with Gasteiger partial charge in [-0.1, -0.05) is 6.92 Å². The first-order valence-electron chi connectivity index (χ1n) is 7.32. The van der Waals surface area contributed by atoms with Crippen LogP contribution in [0.4, 0.5) is 0 Å². The summed E-state index contributed by atoms with van der Waals surface area (Å²) in [6.07, 6.45) is 5.08. The number of aryl methyl sites for hydroxylation is 1. The van der Waals surface area contributed by atoms with Crippen LogP contribution in [0.25, 0.3) is 0 Å². The van der Waals surface area contributed by atoms with Crippen LogP contribution in [-0.4, -0.2) is 6.54 Å². The normalized spacial score (nSPS) is 19.8. The smallest absolute Gasteiger partial charge is 0.0409 e. The van der Waals surface area contributed by atoms with Crippen LogP contribution in [0, 0.1) is 0 Å². The molecule has 2 unspecified atom stereocenters. The van der Waals surface area contributed by atoms with Crippen molar-refractivity contribution in [3.63, 3.8) is 0 Å². The van der Waals surface area contributed by atoms with Crippen molar-refractivity contribution in [1.82, 2.24) is 5.32 Å². The molecule has 0 aliphatic heterocycles. The molecule has 0 saturated heterocycles. The highest BCUT2D eigenvalue weighted by molar-refractivity contribution is 9.10.